The van der Waals surface area contributed by atoms with Crippen LogP contribution in [0.2, 0.25) is 5.02 Å². The number of rotatable bonds is 5. The van der Waals surface area contributed by atoms with Crippen LogP contribution < -0.4 is 5.32 Å². The molecular weight excluding hydrogens is 450 g/mol. The zero-order chi connectivity index (χ0) is 23.7. The van der Waals surface area contributed by atoms with Gasteiger partial charge in [-0.3, -0.25) is 4.79 Å². The van der Waals surface area contributed by atoms with E-state index >= 15 is 0 Å². The quantitative estimate of drug-likeness (QED) is 0.275. The van der Waals surface area contributed by atoms with Crippen LogP contribution in [-0.4, -0.2) is 27.0 Å². The number of anilines is 1. The maximum Gasteiger partial charge on any atom is 0.335 e. The van der Waals surface area contributed by atoms with Crippen molar-refractivity contribution >= 4 is 40.2 Å². The van der Waals surface area contributed by atoms with E-state index in [0.29, 0.717) is 16.8 Å². The van der Waals surface area contributed by atoms with Gasteiger partial charge in [-0.05, 0) is 58.7 Å². The van der Waals surface area contributed by atoms with Gasteiger partial charge >= 0.3 is 5.97 Å². The van der Waals surface area contributed by atoms with Gasteiger partial charge in [-0.2, -0.15) is 0 Å². The molecule has 0 aliphatic carbocycles. The Morgan fingerprint density at radius 1 is 0.882 bits per heavy atom. The van der Waals surface area contributed by atoms with Gasteiger partial charge in [0.05, 0.1) is 28.0 Å². The molecule has 0 saturated carbocycles. The molecule has 34 heavy (non-hydrogen) atoms. The third kappa shape index (κ3) is 4.14. The summed E-state index contributed by atoms with van der Waals surface area (Å²) >= 11 is 6.39. The van der Waals surface area contributed by atoms with Crippen LogP contribution in [0.3, 0.4) is 0 Å². The second kappa shape index (κ2) is 8.84. The molecule has 0 radical (unpaired) electrons. The van der Waals surface area contributed by atoms with Crippen molar-refractivity contribution in [2.24, 2.45) is 0 Å². The molecule has 3 N–H and O–H groups in total. The fraction of sp³-hybridized carbons (Fsp3) is 0. The molecule has 0 spiro atoms. The van der Waals surface area contributed by atoms with Crippen molar-refractivity contribution in [3.63, 3.8) is 0 Å². The minimum Gasteiger partial charge on any atom is -0.478 e. The Kier molecular flexibility index (Phi) is 5.57. The number of benzene rings is 3. The SMILES string of the molecule is O=C(O)c1ccc(-c2ccccc2)c(-c2ccc(Cl)c(C(=O)Nc3cnc4[nH]ccc4c3)c2)c1. The lowest BCUT2D eigenvalue weighted by Gasteiger charge is -2.14. The second-order valence-electron chi connectivity index (χ2n) is 7.72. The Morgan fingerprint density at radius 3 is 2.50 bits per heavy atom. The van der Waals surface area contributed by atoms with Gasteiger partial charge in [0.1, 0.15) is 5.65 Å². The second-order valence-corrected chi connectivity index (χ2v) is 8.13. The fourth-order valence-corrected chi connectivity index (χ4v) is 4.06. The first-order valence-corrected chi connectivity index (χ1v) is 10.8. The number of hydrogen-bond acceptors (Lipinski definition) is 3. The predicted octanol–water partition coefficient (Wildman–Crippen LogP) is 6.50. The first kappa shape index (κ1) is 21.4. The Labute approximate surface area is 199 Å². The molecule has 2 heterocycles. The Balaban J connectivity index is 1.56. The van der Waals surface area contributed by atoms with Crippen LogP contribution in [-0.2, 0) is 0 Å². The first-order chi connectivity index (χ1) is 16.5. The van der Waals surface area contributed by atoms with Crippen molar-refractivity contribution < 1.29 is 14.7 Å². The van der Waals surface area contributed by atoms with Gasteiger partial charge in [0.2, 0.25) is 0 Å². The normalized spacial score (nSPS) is 10.9. The Hall–Kier alpha value is -4.42. The van der Waals surface area contributed by atoms with Crippen LogP contribution >= 0.6 is 11.6 Å². The molecule has 0 aliphatic rings. The molecule has 1 amide bonds. The monoisotopic (exact) mass is 467 g/mol. The standard InChI is InChI=1S/C27H18ClN3O3/c28-24-9-7-17(13-23(24)26(32)31-20-12-18-10-11-29-25(18)30-15-20)22-14-19(27(33)34)6-8-21(22)16-4-2-1-3-5-16/h1-15H,(H,29,30)(H,31,32)(H,33,34). The number of aromatic nitrogens is 2. The lowest BCUT2D eigenvalue weighted by atomic mass is 9.92. The molecule has 0 atom stereocenters. The number of fused-ring (bicyclic) bond motifs is 1. The number of aromatic amines is 1. The average molecular weight is 468 g/mol. The molecule has 0 unspecified atom stereocenters. The van der Waals surface area contributed by atoms with Crippen molar-refractivity contribution in [1.82, 2.24) is 9.97 Å². The average Bonchev–Trinajstić information content (AvgIpc) is 3.32. The Morgan fingerprint density at radius 2 is 1.71 bits per heavy atom. The van der Waals surface area contributed by atoms with Crippen LogP contribution in [0, 0.1) is 0 Å². The number of carboxylic acids is 1. The van der Waals surface area contributed by atoms with Crippen molar-refractivity contribution in [2.45, 2.75) is 0 Å². The molecule has 166 valence electrons. The number of nitrogens with one attached hydrogen (secondary N) is 2. The van der Waals surface area contributed by atoms with Crippen molar-refractivity contribution in [1.29, 1.82) is 0 Å². The lowest BCUT2D eigenvalue weighted by molar-refractivity contribution is 0.0696. The highest BCUT2D eigenvalue weighted by atomic mass is 35.5. The van der Waals surface area contributed by atoms with Crippen molar-refractivity contribution in [2.75, 3.05) is 5.32 Å². The van der Waals surface area contributed by atoms with Gasteiger partial charge in [0, 0.05) is 11.6 Å². The van der Waals surface area contributed by atoms with E-state index in [-0.39, 0.29) is 22.1 Å². The third-order valence-electron chi connectivity index (χ3n) is 5.53. The number of nitrogens with zero attached hydrogens (tertiary/aromatic N) is 1. The molecule has 0 aliphatic heterocycles. The van der Waals surface area contributed by atoms with E-state index in [1.54, 1.807) is 48.8 Å². The fourth-order valence-electron chi connectivity index (χ4n) is 3.86. The van der Waals surface area contributed by atoms with Crippen LogP contribution in [0.15, 0.2) is 91.3 Å². The molecule has 0 fully saturated rings. The van der Waals surface area contributed by atoms with Gasteiger partial charge in [-0.25, -0.2) is 9.78 Å². The predicted molar refractivity (Wildman–Crippen MR) is 133 cm³/mol. The smallest absolute Gasteiger partial charge is 0.335 e. The summed E-state index contributed by atoms with van der Waals surface area (Å²) in [6.45, 7) is 0. The van der Waals surface area contributed by atoms with Crippen LogP contribution in [0.4, 0.5) is 5.69 Å². The first-order valence-electron chi connectivity index (χ1n) is 10.5. The number of carbonyl (C=O) groups is 2. The van der Waals surface area contributed by atoms with Gasteiger partial charge < -0.3 is 15.4 Å². The summed E-state index contributed by atoms with van der Waals surface area (Å²) in [6.07, 6.45) is 3.34. The molecule has 0 bridgehead atoms. The summed E-state index contributed by atoms with van der Waals surface area (Å²) in [7, 11) is 0. The van der Waals surface area contributed by atoms with E-state index in [4.69, 9.17) is 11.6 Å². The van der Waals surface area contributed by atoms with E-state index in [1.807, 2.05) is 42.5 Å². The highest BCUT2D eigenvalue weighted by Gasteiger charge is 2.17. The van der Waals surface area contributed by atoms with Gasteiger partial charge in [-0.1, -0.05) is 54.1 Å². The third-order valence-corrected chi connectivity index (χ3v) is 5.86. The van der Waals surface area contributed by atoms with Crippen LogP contribution in [0.25, 0.3) is 33.3 Å². The van der Waals surface area contributed by atoms with Crippen molar-refractivity contribution in [3.8, 4) is 22.3 Å². The number of H-pyrrole nitrogens is 1. The zero-order valence-electron chi connectivity index (χ0n) is 17.7. The van der Waals surface area contributed by atoms with E-state index in [9.17, 15) is 14.7 Å². The van der Waals surface area contributed by atoms with Crippen LogP contribution in [0.5, 0.6) is 0 Å². The minimum absolute atomic E-state index is 0.154. The van der Waals surface area contributed by atoms with E-state index < -0.39 is 5.97 Å². The summed E-state index contributed by atoms with van der Waals surface area (Å²) in [5, 5.41) is 13.5. The van der Waals surface area contributed by atoms with Gasteiger partial charge in [-0.15, -0.1) is 0 Å². The maximum absolute atomic E-state index is 13.1. The van der Waals surface area contributed by atoms with Gasteiger partial charge in [0.15, 0.2) is 0 Å². The molecule has 3 aromatic carbocycles. The number of pyridine rings is 1. The molecule has 5 rings (SSSR count). The molecule has 0 saturated heterocycles. The van der Waals surface area contributed by atoms with Gasteiger partial charge in [0.25, 0.3) is 5.91 Å². The summed E-state index contributed by atoms with van der Waals surface area (Å²) < 4.78 is 0. The molecule has 2 aromatic heterocycles. The number of aromatic carboxylic acids is 1. The molecule has 6 nitrogen and oxygen atoms in total. The minimum atomic E-state index is -1.03. The molecular formula is C27H18ClN3O3. The topological polar surface area (TPSA) is 95.1 Å². The lowest BCUT2D eigenvalue weighted by Crippen LogP contribution is -2.13. The number of carbonyl (C=O) groups excluding carboxylic acids is 1. The molecule has 7 heteroatoms. The maximum atomic E-state index is 13.1. The summed E-state index contributed by atoms with van der Waals surface area (Å²) in [5.41, 5.74) is 4.83. The summed E-state index contributed by atoms with van der Waals surface area (Å²) in [5.74, 6) is -1.42. The molecule has 5 aromatic rings. The van der Waals surface area contributed by atoms with Crippen LogP contribution in [0.1, 0.15) is 20.7 Å². The van der Waals surface area contributed by atoms with E-state index in [0.717, 1.165) is 22.2 Å². The van der Waals surface area contributed by atoms with Crippen molar-refractivity contribution in [3.05, 3.63) is 107 Å². The highest BCUT2D eigenvalue weighted by Crippen LogP contribution is 2.35. The summed E-state index contributed by atoms with van der Waals surface area (Å²) in [4.78, 5) is 32.0. The largest absolute Gasteiger partial charge is 0.478 e. The summed E-state index contributed by atoms with van der Waals surface area (Å²) in [6, 6.07) is 23.4. The zero-order valence-corrected chi connectivity index (χ0v) is 18.5. The highest BCUT2D eigenvalue weighted by molar-refractivity contribution is 6.34. The number of amides is 1. The van der Waals surface area contributed by atoms with E-state index in [2.05, 4.69) is 15.3 Å². The van der Waals surface area contributed by atoms with E-state index in [1.165, 1.54) is 0 Å². The Bertz CT molecular complexity index is 1540. The number of carboxylic acid groups (broad SMARTS) is 1. The number of hydrogen-bond donors (Lipinski definition) is 3. The number of halogens is 1.